The minimum atomic E-state index is -1.30. The molecule has 28 heavy (non-hydrogen) atoms. The van der Waals surface area contributed by atoms with Crippen LogP contribution in [0.2, 0.25) is 0 Å². The van der Waals surface area contributed by atoms with Crippen LogP contribution in [-0.2, 0) is 14.4 Å². The Morgan fingerprint density at radius 1 is 1.25 bits per heavy atom. The van der Waals surface area contributed by atoms with Crippen molar-refractivity contribution in [3.63, 3.8) is 0 Å². The third kappa shape index (κ3) is 5.43. The van der Waals surface area contributed by atoms with Gasteiger partial charge in [-0.05, 0) is 18.6 Å². The van der Waals surface area contributed by atoms with E-state index in [4.69, 9.17) is 4.74 Å². The number of ether oxygens (including phenoxy) is 1. The minimum Gasteiger partial charge on any atom is -0.491 e. The maximum Gasteiger partial charge on any atom is 0.326 e. The van der Waals surface area contributed by atoms with Gasteiger partial charge in [-0.15, -0.1) is 0 Å². The molecule has 0 saturated heterocycles. The van der Waals surface area contributed by atoms with E-state index in [1.165, 1.54) is 18.0 Å². The topological polar surface area (TPSA) is 145 Å². The lowest BCUT2D eigenvalue weighted by Gasteiger charge is -2.23. The van der Waals surface area contributed by atoms with E-state index in [2.05, 4.69) is 10.6 Å². The summed E-state index contributed by atoms with van der Waals surface area (Å²) < 4.78 is 5.59. The summed E-state index contributed by atoms with van der Waals surface area (Å²) in [6.07, 6.45) is -0.430. The fraction of sp³-hybridized carbons (Fsp3) is 0.444. The summed E-state index contributed by atoms with van der Waals surface area (Å²) >= 11 is 0. The van der Waals surface area contributed by atoms with Crippen molar-refractivity contribution in [3.05, 3.63) is 29.8 Å². The summed E-state index contributed by atoms with van der Waals surface area (Å²) in [5, 5.41) is 23.5. The summed E-state index contributed by atoms with van der Waals surface area (Å²) in [6.45, 7) is -0.391. The van der Waals surface area contributed by atoms with E-state index >= 15 is 0 Å². The molecule has 2 rings (SSSR count). The molecule has 10 heteroatoms. The average Bonchev–Trinajstić information content (AvgIpc) is 2.68. The van der Waals surface area contributed by atoms with Crippen LogP contribution in [0.5, 0.6) is 5.75 Å². The zero-order valence-corrected chi connectivity index (χ0v) is 15.4. The Hall–Kier alpha value is -3.14. The Morgan fingerprint density at radius 3 is 2.64 bits per heavy atom. The predicted molar refractivity (Wildman–Crippen MR) is 96.7 cm³/mol. The van der Waals surface area contributed by atoms with Gasteiger partial charge < -0.3 is 30.5 Å². The van der Waals surface area contributed by atoms with Crippen LogP contribution in [0.25, 0.3) is 0 Å². The summed E-state index contributed by atoms with van der Waals surface area (Å²) in [7, 11) is 1.50. The van der Waals surface area contributed by atoms with Crippen LogP contribution in [0.1, 0.15) is 23.2 Å². The standard InChI is InChI=1S/C18H23N3O7/c1-21-8-9-28-14-5-3-2-4-11(14)16(24)20-12(18(26)27)6-7-15(23)19-13(10-22)17(21)25/h2-5,12-13,22H,6-10H2,1H3,(H,19,23)(H,20,24)(H,26,27)/t12-,13-/m0/s1. The molecule has 1 aromatic rings. The fourth-order valence-electron chi connectivity index (χ4n) is 2.67. The Bertz CT molecular complexity index is 752. The van der Waals surface area contributed by atoms with Gasteiger partial charge in [0, 0.05) is 13.5 Å². The number of carbonyl (C=O) groups is 4. The molecule has 1 aliphatic rings. The number of nitrogens with one attached hydrogen (secondary N) is 2. The number of likely N-dealkylation sites (N-methyl/N-ethyl adjacent to an activating group) is 1. The van der Waals surface area contributed by atoms with Crippen molar-refractivity contribution in [3.8, 4) is 5.75 Å². The first-order chi connectivity index (χ1) is 13.3. The van der Waals surface area contributed by atoms with Crippen molar-refractivity contribution in [2.24, 2.45) is 0 Å². The largest absolute Gasteiger partial charge is 0.491 e. The number of fused-ring (bicyclic) bond motifs is 1. The maximum atomic E-state index is 12.5. The van der Waals surface area contributed by atoms with E-state index in [0.717, 1.165) is 0 Å². The zero-order chi connectivity index (χ0) is 20.7. The first-order valence-corrected chi connectivity index (χ1v) is 8.74. The summed E-state index contributed by atoms with van der Waals surface area (Å²) in [5.74, 6) is -2.80. The molecule has 0 unspecified atom stereocenters. The number of aliphatic carboxylic acids is 1. The molecule has 0 saturated carbocycles. The Balaban J connectivity index is 2.29. The van der Waals surface area contributed by atoms with Crippen LogP contribution in [0.15, 0.2) is 24.3 Å². The number of rotatable bonds is 2. The second-order valence-corrected chi connectivity index (χ2v) is 6.31. The molecule has 0 radical (unpaired) electrons. The second-order valence-electron chi connectivity index (χ2n) is 6.31. The number of aliphatic hydroxyl groups is 1. The highest BCUT2D eigenvalue weighted by Gasteiger charge is 2.27. The number of nitrogens with zero attached hydrogens (tertiary/aromatic N) is 1. The molecule has 1 heterocycles. The molecular weight excluding hydrogens is 370 g/mol. The first kappa shape index (κ1) is 21.2. The van der Waals surface area contributed by atoms with Gasteiger partial charge in [-0.1, -0.05) is 12.1 Å². The maximum absolute atomic E-state index is 12.5. The Morgan fingerprint density at radius 2 is 1.96 bits per heavy atom. The van der Waals surface area contributed by atoms with Crippen molar-refractivity contribution in [2.75, 3.05) is 26.8 Å². The first-order valence-electron chi connectivity index (χ1n) is 8.74. The zero-order valence-electron chi connectivity index (χ0n) is 15.4. The van der Waals surface area contributed by atoms with Gasteiger partial charge in [0.2, 0.25) is 11.8 Å². The smallest absolute Gasteiger partial charge is 0.326 e. The number of hydrogen-bond acceptors (Lipinski definition) is 6. The molecule has 0 aromatic heterocycles. The highest BCUT2D eigenvalue weighted by Crippen LogP contribution is 2.18. The van der Waals surface area contributed by atoms with E-state index in [1.807, 2.05) is 0 Å². The number of hydrogen-bond donors (Lipinski definition) is 4. The van der Waals surface area contributed by atoms with Crippen LogP contribution in [0, 0.1) is 0 Å². The number of aliphatic hydroxyl groups excluding tert-OH is 1. The normalized spacial score (nSPS) is 22.1. The lowest BCUT2D eigenvalue weighted by Crippen LogP contribution is -2.50. The van der Waals surface area contributed by atoms with Crippen molar-refractivity contribution < 1.29 is 34.1 Å². The van der Waals surface area contributed by atoms with Gasteiger partial charge in [0.1, 0.15) is 24.4 Å². The van der Waals surface area contributed by atoms with E-state index in [0.29, 0.717) is 0 Å². The third-order valence-corrected chi connectivity index (χ3v) is 4.27. The molecule has 152 valence electrons. The van der Waals surface area contributed by atoms with Crippen LogP contribution >= 0.6 is 0 Å². The minimum absolute atomic E-state index is 0.0565. The molecule has 0 bridgehead atoms. The number of benzene rings is 1. The van der Waals surface area contributed by atoms with E-state index in [-0.39, 0.29) is 37.3 Å². The van der Waals surface area contributed by atoms with Gasteiger partial charge >= 0.3 is 5.97 Å². The second kappa shape index (κ2) is 9.70. The molecular formula is C18H23N3O7. The molecule has 2 atom stereocenters. The summed E-state index contributed by atoms with van der Waals surface area (Å²) in [4.78, 5) is 49.7. The predicted octanol–water partition coefficient (Wildman–Crippen LogP) is -1.02. The SMILES string of the molecule is CN1CCOc2ccccc2C(=O)N[C@H](C(=O)O)CCC(=O)N[C@@H](CO)C1=O. The summed E-state index contributed by atoms with van der Waals surface area (Å²) in [5.41, 5.74) is 0.148. The van der Waals surface area contributed by atoms with Crippen LogP contribution < -0.4 is 15.4 Å². The van der Waals surface area contributed by atoms with Crippen LogP contribution in [-0.4, -0.2) is 77.7 Å². The van der Waals surface area contributed by atoms with Crippen molar-refractivity contribution >= 4 is 23.7 Å². The Labute approximate surface area is 161 Å². The number of amides is 3. The lowest BCUT2D eigenvalue weighted by molar-refractivity contribution is -0.140. The molecule has 1 aliphatic heterocycles. The van der Waals surface area contributed by atoms with E-state index < -0.39 is 42.4 Å². The molecule has 3 amide bonds. The highest BCUT2D eigenvalue weighted by atomic mass is 16.5. The number of carboxylic acids is 1. The van der Waals surface area contributed by atoms with Gasteiger partial charge in [-0.25, -0.2) is 4.79 Å². The molecule has 0 spiro atoms. The third-order valence-electron chi connectivity index (χ3n) is 4.27. The number of para-hydroxylation sites is 1. The molecule has 10 nitrogen and oxygen atoms in total. The monoisotopic (exact) mass is 393 g/mol. The van der Waals surface area contributed by atoms with E-state index in [1.54, 1.807) is 18.2 Å². The molecule has 0 fully saturated rings. The van der Waals surface area contributed by atoms with Crippen molar-refractivity contribution in [1.82, 2.24) is 15.5 Å². The fourth-order valence-corrected chi connectivity index (χ4v) is 2.67. The number of carboxylic acid groups (broad SMARTS) is 1. The van der Waals surface area contributed by atoms with Gasteiger partial charge in [-0.2, -0.15) is 0 Å². The van der Waals surface area contributed by atoms with Gasteiger partial charge in [0.05, 0.1) is 18.7 Å². The van der Waals surface area contributed by atoms with Gasteiger partial charge in [-0.3, -0.25) is 14.4 Å². The van der Waals surface area contributed by atoms with E-state index in [9.17, 15) is 29.4 Å². The Kier molecular flexibility index (Phi) is 7.33. The van der Waals surface area contributed by atoms with Gasteiger partial charge in [0.15, 0.2) is 0 Å². The van der Waals surface area contributed by atoms with Crippen LogP contribution in [0.4, 0.5) is 0 Å². The van der Waals surface area contributed by atoms with Crippen LogP contribution in [0.3, 0.4) is 0 Å². The quantitative estimate of drug-likeness (QED) is 0.503. The molecule has 1 aromatic carbocycles. The van der Waals surface area contributed by atoms with Crippen molar-refractivity contribution in [1.29, 1.82) is 0 Å². The summed E-state index contributed by atoms with van der Waals surface area (Å²) in [6, 6.07) is 3.88. The lowest BCUT2D eigenvalue weighted by atomic mass is 10.1. The molecule has 0 aliphatic carbocycles. The average molecular weight is 393 g/mol. The highest BCUT2D eigenvalue weighted by molar-refractivity contribution is 5.99. The van der Waals surface area contributed by atoms with Gasteiger partial charge in [0.25, 0.3) is 5.91 Å². The van der Waals surface area contributed by atoms with Crippen molar-refractivity contribution in [2.45, 2.75) is 24.9 Å². The molecule has 4 N–H and O–H groups in total. The number of carbonyl (C=O) groups excluding carboxylic acids is 3.